The number of hydrogen-bond acceptors (Lipinski definition) is 4. The smallest absolute Gasteiger partial charge is 0.183 e. The minimum absolute atomic E-state index is 0.389. The summed E-state index contributed by atoms with van der Waals surface area (Å²) in [4.78, 5) is 4.64. The second-order valence-corrected chi connectivity index (χ2v) is 8.09. The minimum Gasteiger partial charge on any atom is -0.360 e. The highest BCUT2D eigenvalue weighted by Crippen LogP contribution is 2.39. The van der Waals surface area contributed by atoms with Crippen LogP contribution < -0.4 is 5.32 Å². The van der Waals surface area contributed by atoms with Crippen molar-refractivity contribution in [3.05, 3.63) is 23.2 Å². The van der Waals surface area contributed by atoms with E-state index in [9.17, 15) is 0 Å². The number of nitrogens with zero attached hydrogens (tertiary/aromatic N) is 1. The molecule has 1 aromatic heterocycles. The number of rotatable bonds is 4. The summed E-state index contributed by atoms with van der Waals surface area (Å²) in [6.07, 6.45) is 8.96. The van der Waals surface area contributed by atoms with E-state index < -0.39 is 0 Å². The Labute approximate surface area is 133 Å². The highest BCUT2D eigenvalue weighted by atomic mass is 35.5. The molecule has 5 heteroatoms. The van der Waals surface area contributed by atoms with Crippen LogP contribution >= 0.6 is 34.7 Å². The standard InChI is InChI=1S/C15H19ClN2S2/c1-19-15(8-3-2-4-9-15)10-17-14-18-12-7-5-6-11(16)13(12)20-14/h5-7H,2-4,8-10H2,1H3,(H,17,18). The number of anilines is 1. The van der Waals surface area contributed by atoms with Gasteiger partial charge in [-0.2, -0.15) is 11.8 Å². The van der Waals surface area contributed by atoms with Crippen LogP contribution in [0.5, 0.6) is 0 Å². The molecule has 0 atom stereocenters. The van der Waals surface area contributed by atoms with E-state index in [1.807, 2.05) is 30.0 Å². The molecular weight excluding hydrogens is 308 g/mol. The van der Waals surface area contributed by atoms with Crippen molar-refractivity contribution in [2.45, 2.75) is 36.9 Å². The molecule has 108 valence electrons. The SMILES string of the molecule is CSC1(CNc2nc3cccc(Cl)c3s2)CCCCC1. The molecule has 20 heavy (non-hydrogen) atoms. The van der Waals surface area contributed by atoms with Crippen LogP contribution in [0.3, 0.4) is 0 Å². The summed E-state index contributed by atoms with van der Waals surface area (Å²) in [6, 6.07) is 5.91. The van der Waals surface area contributed by atoms with Gasteiger partial charge in [0.05, 0.1) is 15.2 Å². The third kappa shape index (κ3) is 2.92. The first-order chi connectivity index (χ1) is 9.72. The van der Waals surface area contributed by atoms with Crippen molar-refractivity contribution in [2.75, 3.05) is 18.1 Å². The molecule has 0 amide bonds. The van der Waals surface area contributed by atoms with Gasteiger partial charge in [0.2, 0.25) is 0 Å². The van der Waals surface area contributed by atoms with Crippen molar-refractivity contribution >= 4 is 50.0 Å². The lowest BCUT2D eigenvalue weighted by molar-refractivity contribution is 0.411. The van der Waals surface area contributed by atoms with Crippen LogP contribution in [0.25, 0.3) is 10.2 Å². The minimum atomic E-state index is 0.389. The Morgan fingerprint density at radius 3 is 2.85 bits per heavy atom. The Kier molecular flexibility index (Phi) is 4.43. The van der Waals surface area contributed by atoms with Crippen LogP contribution in [0.1, 0.15) is 32.1 Å². The average Bonchev–Trinajstić information content (AvgIpc) is 2.91. The van der Waals surface area contributed by atoms with E-state index >= 15 is 0 Å². The monoisotopic (exact) mass is 326 g/mol. The molecule has 2 nitrogen and oxygen atoms in total. The van der Waals surface area contributed by atoms with Crippen molar-refractivity contribution in [1.29, 1.82) is 0 Å². The molecule has 2 aromatic rings. The van der Waals surface area contributed by atoms with E-state index in [1.165, 1.54) is 32.1 Å². The molecule has 1 saturated carbocycles. The van der Waals surface area contributed by atoms with Gasteiger partial charge in [-0.25, -0.2) is 4.98 Å². The maximum Gasteiger partial charge on any atom is 0.183 e. The van der Waals surface area contributed by atoms with Crippen molar-refractivity contribution in [1.82, 2.24) is 4.98 Å². The maximum atomic E-state index is 6.21. The first kappa shape index (κ1) is 14.5. The fourth-order valence-corrected chi connectivity index (χ4v) is 4.94. The van der Waals surface area contributed by atoms with E-state index in [2.05, 4.69) is 16.6 Å². The van der Waals surface area contributed by atoms with Crippen LogP contribution in [-0.4, -0.2) is 22.5 Å². The Balaban J connectivity index is 1.74. The van der Waals surface area contributed by atoms with E-state index in [0.717, 1.165) is 26.9 Å². The number of nitrogens with one attached hydrogen (secondary N) is 1. The van der Waals surface area contributed by atoms with E-state index in [1.54, 1.807) is 11.3 Å². The lowest BCUT2D eigenvalue weighted by Crippen LogP contribution is -2.35. The molecule has 0 radical (unpaired) electrons. The van der Waals surface area contributed by atoms with Gasteiger partial charge in [0.15, 0.2) is 5.13 Å². The molecule has 1 heterocycles. The second-order valence-electron chi connectivity index (χ2n) is 5.41. The summed E-state index contributed by atoms with van der Waals surface area (Å²) in [7, 11) is 0. The molecule has 1 aliphatic rings. The second kappa shape index (κ2) is 6.12. The number of thiazole rings is 1. The van der Waals surface area contributed by atoms with Gasteiger partial charge >= 0.3 is 0 Å². The predicted molar refractivity (Wildman–Crippen MR) is 92.5 cm³/mol. The number of benzene rings is 1. The van der Waals surface area contributed by atoms with Gasteiger partial charge in [-0.3, -0.25) is 0 Å². The van der Waals surface area contributed by atoms with Crippen LogP contribution in [-0.2, 0) is 0 Å². The lowest BCUT2D eigenvalue weighted by Gasteiger charge is -2.35. The van der Waals surface area contributed by atoms with Crippen molar-refractivity contribution in [3.63, 3.8) is 0 Å². The zero-order valence-electron chi connectivity index (χ0n) is 11.6. The van der Waals surface area contributed by atoms with E-state index in [-0.39, 0.29) is 0 Å². The molecule has 3 rings (SSSR count). The zero-order chi connectivity index (χ0) is 14.0. The number of aromatic nitrogens is 1. The Morgan fingerprint density at radius 2 is 2.15 bits per heavy atom. The summed E-state index contributed by atoms with van der Waals surface area (Å²) in [5.41, 5.74) is 0.992. The van der Waals surface area contributed by atoms with Crippen LogP contribution in [0.4, 0.5) is 5.13 Å². The number of thioether (sulfide) groups is 1. The van der Waals surface area contributed by atoms with Crippen LogP contribution in [0.2, 0.25) is 5.02 Å². The Bertz CT molecular complexity index is 591. The highest BCUT2D eigenvalue weighted by molar-refractivity contribution is 8.00. The molecular formula is C15H19ClN2S2. The van der Waals surface area contributed by atoms with Gasteiger partial charge in [-0.1, -0.05) is 48.3 Å². The number of hydrogen-bond donors (Lipinski definition) is 1. The molecule has 0 spiro atoms. The van der Waals surface area contributed by atoms with E-state index in [0.29, 0.717) is 4.75 Å². The molecule has 0 aliphatic heterocycles. The van der Waals surface area contributed by atoms with E-state index in [4.69, 9.17) is 11.6 Å². The Morgan fingerprint density at radius 1 is 1.35 bits per heavy atom. The molecule has 0 unspecified atom stereocenters. The van der Waals surface area contributed by atoms with Crippen molar-refractivity contribution in [2.24, 2.45) is 0 Å². The fourth-order valence-electron chi connectivity index (χ4n) is 2.88. The largest absolute Gasteiger partial charge is 0.360 e. The van der Waals surface area contributed by atoms with Crippen molar-refractivity contribution < 1.29 is 0 Å². The first-order valence-corrected chi connectivity index (χ1v) is 9.48. The quantitative estimate of drug-likeness (QED) is 0.811. The first-order valence-electron chi connectivity index (χ1n) is 7.07. The van der Waals surface area contributed by atoms with Crippen LogP contribution in [0.15, 0.2) is 18.2 Å². The third-order valence-corrected chi connectivity index (χ3v) is 7.03. The lowest BCUT2D eigenvalue weighted by atomic mass is 9.88. The van der Waals surface area contributed by atoms with Crippen molar-refractivity contribution in [3.8, 4) is 0 Å². The zero-order valence-corrected chi connectivity index (χ0v) is 14.0. The Hall–Kier alpha value is -0.450. The summed E-state index contributed by atoms with van der Waals surface area (Å²) < 4.78 is 1.47. The van der Waals surface area contributed by atoms with Gasteiger partial charge in [0.1, 0.15) is 0 Å². The normalized spacial score (nSPS) is 18.3. The highest BCUT2D eigenvalue weighted by Gasteiger charge is 2.31. The average molecular weight is 327 g/mol. The summed E-state index contributed by atoms with van der Waals surface area (Å²) in [6.45, 7) is 1.01. The summed E-state index contributed by atoms with van der Waals surface area (Å²) in [5, 5.41) is 5.34. The molecule has 1 fully saturated rings. The molecule has 0 bridgehead atoms. The topological polar surface area (TPSA) is 24.9 Å². The van der Waals surface area contributed by atoms with Crippen LogP contribution in [0, 0.1) is 0 Å². The molecule has 1 aliphatic carbocycles. The van der Waals surface area contributed by atoms with Gasteiger partial charge in [-0.05, 0) is 31.2 Å². The maximum absolute atomic E-state index is 6.21. The third-order valence-electron chi connectivity index (χ3n) is 4.13. The molecule has 1 aromatic carbocycles. The van der Waals surface area contributed by atoms with Gasteiger partial charge in [0.25, 0.3) is 0 Å². The molecule has 0 saturated heterocycles. The molecule has 1 N–H and O–H groups in total. The van der Waals surface area contributed by atoms with Gasteiger partial charge in [-0.15, -0.1) is 0 Å². The summed E-state index contributed by atoms with van der Waals surface area (Å²) in [5.74, 6) is 0. The number of halogens is 1. The van der Waals surface area contributed by atoms with Gasteiger partial charge in [0, 0.05) is 11.3 Å². The number of fused-ring (bicyclic) bond motifs is 1. The fraction of sp³-hybridized carbons (Fsp3) is 0.533. The summed E-state index contributed by atoms with van der Waals surface area (Å²) >= 11 is 9.88. The van der Waals surface area contributed by atoms with Gasteiger partial charge < -0.3 is 5.32 Å². The predicted octanol–water partition coefficient (Wildman–Crippen LogP) is 5.43.